The first-order valence-electron chi connectivity index (χ1n) is 9.75. The second kappa shape index (κ2) is 14.6. The average Bonchev–Trinajstić information content (AvgIpc) is 2.71. The van der Waals surface area contributed by atoms with Crippen LogP contribution in [0.1, 0.15) is 33.1 Å². The summed E-state index contributed by atoms with van der Waals surface area (Å²) < 4.78 is 0. The fraction of sp³-hybridized carbons (Fsp3) is 0.722. The Morgan fingerprint density at radius 3 is 2.00 bits per heavy atom. The number of aliphatic hydroxyl groups is 1. The summed E-state index contributed by atoms with van der Waals surface area (Å²) in [7, 11) is 0. The van der Waals surface area contributed by atoms with E-state index in [2.05, 4.69) is 16.0 Å². The number of hydrogen-bond donors (Lipinski definition) is 7. The monoisotopic (exact) mass is 463 g/mol. The molecule has 12 nitrogen and oxygen atoms in total. The highest BCUT2D eigenvalue weighted by Gasteiger charge is 2.32. The Balaban J connectivity index is 5.48. The fourth-order valence-corrected chi connectivity index (χ4v) is 2.96. The molecule has 4 amide bonds. The molecule has 0 heterocycles. The summed E-state index contributed by atoms with van der Waals surface area (Å²) in [6.07, 6.45) is 1.88. The Bertz CT molecular complexity index is 649. The standard InChI is InChI=1S/C18H33N5O7S/c1-4-9(2)14(18(29)30)23-17(28)12(7-13(20)25)22-16(27)11(5-6-31-3)21-15(26)10(19)8-24/h9-12,14,24H,4-8,19H2,1-3H3,(H2,20,25)(H,21,26)(H,22,27)(H,23,28)(H,29,30). The average molecular weight is 464 g/mol. The molecule has 0 rings (SSSR count). The van der Waals surface area contributed by atoms with Crippen molar-refractivity contribution in [3.05, 3.63) is 0 Å². The Labute approximate surface area is 185 Å². The maximum atomic E-state index is 12.7. The van der Waals surface area contributed by atoms with E-state index in [0.29, 0.717) is 12.2 Å². The summed E-state index contributed by atoms with van der Waals surface area (Å²) in [5, 5.41) is 25.4. The van der Waals surface area contributed by atoms with Crippen molar-refractivity contribution in [2.75, 3.05) is 18.6 Å². The molecule has 0 spiro atoms. The third-order valence-corrected chi connectivity index (χ3v) is 5.24. The van der Waals surface area contributed by atoms with Gasteiger partial charge in [-0.1, -0.05) is 20.3 Å². The number of carboxylic acids is 1. The molecule has 0 radical (unpaired) electrons. The lowest BCUT2D eigenvalue weighted by molar-refractivity contribution is -0.144. The van der Waals surface area contributed by atoms with Crippen LogP contribution in [0.15, 0.2) is 0 Å². The number of nitrogens with two attached hydrogens (primary N) is 2. The second-order valence-electron chi connectivity index (χ2n) is 7.07. The molecule has 0 aliphatic carbocycles. The minimum absolute atomic E-state index is 0.187. The van der Waals surface area contributed by atoms with Gasteiger partial charge in [-0.2, -0.15) is 11.8 Å². The molecule has 0 aromatic carbocycles. The van der Waals surface area contributed by atoms with Crippen molar-refractivity contribution in [2.45, 2.75) is 57.3 Å². The van der Waals surface area contributed by atoms with E-state index in [4.69, 9.17) is 16.6 Å². The molecule has 0 aliphatic heterocycles. The Morgan fingerprint density at radius 2 is 1.55 bits per heavy atom. The summed E-state index contributed by atoms with van der Waals surface area (Å²) in [5.41, 5.74) is 10.6. The number of aliphatic carboxylic acids is 1. The number of rotatable bonds is 15. The van der Waals surface area contributed by atoms with Crippen molar-refractivity contribution in [3.8, 4) is 0 Å². The van der Waals surface area contributed by atoms with Crippen LogP contribution in [-0.4, -0.2) is 82.6 Å². The molecule has 31 heavy (non-hydrogen) atoms. The molecule has 178 valence electrons. The van der Waals surface area contributed by atoms with Crippen LogP contribution in [-0.2, 0) is 24.0 Å². The van der Waals surface area contributed by atoms with Crippen molar-refractivity contribution >= 4 is 41.4 Å². The van der Waals surface area contributed by atoms with E-state index in [1.165, 1.54) is 11.8 Å². The first-order chi connectivity index (χ1) is 14.5. The van der Waals surface area contributed by atoms with Gasteiger partial charge in [0.2, 0.25) is 23.6 Å². The Hall–Kier alpha value is -2.38. The van der Waals surface area contributed by atoms with Gasteiger partial charge in [0.05, 0.1) is 13.0 Å². The van der Waals surface area contributed by atoms with Crippen LogP contribution in [0.2, 0.25) is 0 Å². The zero-order valence-corrected chi connectivity index (χ0v) is 18.7. The smallest absolute Gasteiger partial charge is 0.326 e. The predicted molar refractivity (Wildman–Crippen MR) is 115 cm³/mol. The molecule has 0 aromatic rings. The summed E-state index contributed by atoms with van der Waals surface area (Å²) in [6, 6.07) is -4.98. The lowest BCUT2D eigenvalue weighted by Gasteiger charge is -2.26. The largest absolute Gasteiger partial charge is 0.480 e. The quantitative estimate of drug-likeness (QED) is 0.137. The number of aliphatic hydroxyl groups excluding tert-OH is 1. The maximum Gasteiger partial charge on any atom is 0.326 e. The summed E-state index contributed by atoms with van der Waals surface area (Å²) in [6.45, 7) is 2.77. The van der Waals surface area contributed by atoms with Crippen LogP contribution in [0.25, 0.3) is 0 Å². The van der Waals surface area contributed by atoms with Gasteiger partial charge in [0, 0.05) is 0 Å². The molecule has 13 heteroatoms. The maximum absolute atomic E-state index is 12.7. The normalized spacial score (nSPS) is 15.6. The van der Waals surface area contributed by atoms with Crippen molar-refractivity contribution in [3.63, 3.8) is 0 Å². The van der Waals surface area contributed by atoms with Crippen molar-refractivity contribution in [2.24, 2.45) is 17.4 Å². The highest BCUT2D eigenvalue weighted by Crippen LogP contribution is 2.09. The number of primary amides is 1. The number of nitrogens with one attached hydrogen (secondary N) is 3. The molecule has 0 fully saturated rings. The van der Waals surface area contributed by atoms with E-state index in [9.17, 15) is 29.1 Å². The van der Waals surface area contributed by atoms with E-state index in [1.807, 2.05) is 0 Å². The Kier molecular flexibility index (Phi) is 13.5. The number of carbonyl (C=O) groups is 5. The number of hydrogen-bond acceptors (Lipinski definition) is 8. The molecular formula is C18H33N5O7S. The third kappa shape index (κ3) is 10.5. The number of carbonyl (C=O) groups excluding carboxylic acids is 4. The van der Waals surface area contributed by atoms with Gasteiger partial charge in [0.1, 0.15) is 24.2 Å². The molecule has 0 saturated carbocycles. The van der Waals surface area contributed by atoms with Crippen LogP contribution in [0.4, 0.5) is 0 Å². The van der Waals surface area contributed by atoms with Crippen LogP contribution >= 0.6 is 11.8 Å². The fourth-order valence-electron chi connectivity index (χ4n) is 2.49. The minimum Gasteiger partial charge on any atom is -0.480 e. The van der Waals surface area contributed by atoms with Gasteiger partial charge >= 0.3 is 5.97 Å². The minimum atomic E-state index is -1.43. The van der Waals surface area contributed by atoms with E-state index in [0.717, 1.165) is 0 Å². The lowest BCUT2D eigenvalue weighted by atomic mass is 9.98. The number of carboxylic acid groups (broad SMARTS) is 1. The van der Waals surface area contributed by atoms with Gasteiger partial charge in [-0.15, -0.1) is 0 Å². The zero-order chi connectivity index (χ0) is 24.1. The highest BCUT2D eigenvalue weighted by atomic mass is 32.2. The topological polar surface area (TPSA) is 214 Å². The van der Waals surface area contributed by atoms with Crippen molar-refractivity contribution in [1.82, 2.24) is 16.0 Å². The van der Waals surface area contributed by atoms with Crippen LogP contribution in [0.5, 0.6) is 0 Å². The molecule has 0 aliphatic rings. The van der Waals surface area contributed by atoms with Crippen molar-refractivity contribution < 1.29 is 34.2 Å². The SMILES string of the molecule is CCC(C)C(NC(=O)C(CC(N)=O)NC(=O)C(CCSC)NC(=O)C(N)CO)C(=O)O. The molecule has 0 saturated heterocycles. The van der Waals surface area contributed by atoms with E-state index >= 15 is 0 Å². The number of thioether (sulfide) groups is 1. The lowest BCUT2D eigenvalue weighted by Crippen LogP contribution is -2.58. The number of amides is 4. The second-order valence-corrected chi connectivity index (χ2v) is 8.06. The molecule has 0 bridgehead atoms. The van der Waals surface area contributed by atoms with Crippen LogP contribution in [0, 0.1) is 5.92 Å². The van der Waals surface area contributed by atoms with Gasteiger partial charge in [-0.3, -0.25) is 19.2 Å². The molecule has 5 atom stereocenters. The first kappa shape index (κ1) is 28.6. The molecular weight excluding hydrogens is 430 g/mol. The zero-order valence-electron chi connectivity index (χ0n) is 17.9. The molecule has 0 aromatic heterocycles. The highest BCUT2D eigenvalue weighted by molar-refractivity contribution is 7.98. The van der Waals surface area contributed by atoms with Gasteiger partial charge in [-0.05, 0) is 24.3 Å². The van der Waals surface area contributed by atoms with Gasteiger partial charge in [0.15, 0.2) is 0 Å². The Morgan fingerprint density at radius 1 is 1.00 bits per heavy atom. The summed E-state index contributed by atoms with van der Waals surface area (Å²) in [5.74, 6) is -4.49. The van der Waals surface area contributed by atoms with Crippen molar-refractivity contribution in [1.29, 1.82) is 0 Å². The van der Waals surface area contributed by atoms with Gasteiger partial charge in [-0.25, -0.2) is 4.79 Å². The summed E-state index contributed by atoms with van der Waals surface area (Å²) >= 11 is 1.41. The van der Waals surface area contributed by atoms with Gasteiger partial charge < -0.3 is 37.6 Å². The van der Waals surface area contributed by atoms with E-state index < -0.39 is 72.7 Å². The summed E-state index contributed by atoms with van der Waals surface area (Å²) in [4.78, 5) is 60.2. The van der Waals surface area contributed by atoms with Crippen LogP contribution in [0.3, 0.4) is 0 Å². The molecule has 9 N–H and O–H groups in total. The van der Waals surface area contributed by atoms with E-state index in [1.54, 1.807) is 20.1 Å². The van der Waals surface area contributed by atoms with Gasteiger partial charge in [0.25, 0.3) is 0 Å². The van der Waals surface area contributed by atoms with E-state index in [-0.39, 0.29) is 6.42 Å². The predicted octanol–water partition coefficient (Wildman–Crippen LogP) is -2.48. The first-order valence-corrected chi connectivity index (χ1v) is 11.1. The van der Waals surface area contributed by atoms with Crippen LogP contribution < -0.4 is 27.4 Å². The molecule has 5 unspecified atom stereocenters. The third-order valence-electron chi connectivity index (χ3n) is 4.59.